The average Bonchev–Trinajstić information content (AvgIpc) is 2.95. The topological polar surface area (TPSA) is 79.4 Å². The number of aryl methyl sites for hydroxylation is 1. The molecule has 1 aromatic heterocycles. The van der Waals surface area contributed by atoms with Gasteiger partial charge in [0.15, 0.2) is 0 Å². The van der Waals surface area contributed by atoms with E-state index in [-0.39, 0.29) is 11.9 Å². The third kappa shape index (κ3) is 4.62. The molecule has 1 N–H and O–H groups in total. The molecule has 2 aromatic rings. The van der Waals surface area contributed by atoms with Gasteiger partial charge in [0.2, 0.25) is 10.0 Å². The number of rotatable bonds is 4. The SMILES string of the molecule is Cc1nc(-c2cccc(Cl)c2)sc1C(=O)N1CCCC(NS(C)(=O)=O)C1. The first kappa shape index (κ1) is 19.3. The van der Waals surface area contributed by atoms with Crippen LogP contribution in [0, 0.1) is 6.92 Å². The summed E-state index contributed by atoms with van der Waals surface area (Å²) in [6, 6.07) is 7.12. The number of halogens is 1. The Kier molecular flexibility index (Phi) is 5.67. The van der Waals surface area contributed by atoms with E-state index in [0.717, 1.165) is 29.7 Å². The summed E-state index contributed by atoms with van der Waals surface area (Å²) in [6.45, 7) is 2.80. The van der Waals surface area contributed by atoms with Gasteiger partial charge < -0.3 is 4.90 Å². The molecule has 9 heteroatoms. The highest BCUT2D eigenvalue weighted by atomic mass is 35.5. The number of nitrogens with zero attached hydrogens (tertiary/aromatic N) is 2. The second-order valence-corrected chi connectivity index (χ2v) is 9.64. The summed E-state index contributed by atoms with van der Waals surface area (Å²) >= 11 is 7.38. The van der Waals surface area contributed by atoms with E-state index in [2.05, 4.69) is 9.71 Å². The fourth-order valence-electron chi connectivity index (χ4n) is 3.04. The number of carbonyl (C=O) groups is 1. The number of aromatic nitrogens is 1. The number of nitrogens with one attached hydrogen (secondary N) is 1. The number of benzene rings is 1. The van der Waals surface area contributed by atoms with Crippen LogP contribution in [0.1, 0.15) is 28.2 Å². The first-order valence-corrected chi connectivity index (χ1v) is 11.3. The van der Waals surface area contributed by atoms with Gasteiger partial charge in [-0.15, -0.1) is 11.3 Å². The minimum absolute atomic E-state index is 0.103. The number of likely N-dealkylation sites (tertiary alicyclic amines) is 1. The number of thiazole rings is 1. The number of hydrogen-bond acceptors (Lipinski definition) is 5. The Hall–Kier alpha value is -1.48. The van der Waals surface area contributed by atoms with Crippen LogP contribution in [0.25, 0.3) is 10.6 Å². The van der Waals surface area contributed by atoms with Crippen molar-refractivity contribution >= 4 is 38.9 Å². The summed E-state index contributed by atoms with van der Waals surface area (Å²) in [4.78, 5) is 19.7. The van der Waals surface area contributed by atoms with E-state index in [1.54, 1.807) is 11.0 Å². The summed E-state index contributed by atoms with van der Waals surface area (Å²) in [5.74, 6) is -0.103. The molecule has 1 amide bonds. The van der Waals surface area contributed by atoms with Crippen molar-refractivity contribution in [1.29, 1.82) is 0 Å². The minimum Gasteiger partial charge on any atom is -0.336 e. The number of sulfonamides is 1. The lowest BCUT2D eigenvalue weighted by Gasteiger charge is -2.32. The van der Waals surface area contributed by atoms with Gasteiger partial charge in [-0.05, 0) is 31.9 Å². The van der Waals surface area contributed by atoms with E-state index in [9.17, 15) is 13.2 Å². The van der Waals surface area contributed by atoms with Gasteiger partial charge in [0.1, 0.15) is 9.88 Å². The van der Waals surface area contributed by atoms with Crippen molar-refractivity contribution in [2.45, 2.75) is 25.8 Å². The minimum atomic E-state index is -3.29. The fraction of sp³-hybridized carbons (Fsp3) is 0.412. The lowest BCUT2D eigenvalue weighted by Crippen LogP contribution is -2.49. The van der Waals surface area contributed by atoms with E-state index < -0.39 is 10.0 Å². The highest BCUT2D eigenvalue weighted by molar-refractivity contribution is 7.88. The third-order valence-electron chi connectivity index (χ3n) is 4.15. The molecule has 1 saturated heterocycles. The van der Waals surface area contributed by atoms with Crippen molar-refractivity contribution in [1.82, 2.24) is 14.6 Å². The van der Waals surface area contributed by atoms with Gasteiger partial charge in [-0.1, -0.05) is 23.7 Å². The normalized spacial score (nSPS) is 18.1. The second kappa shape index (κ2) is 7.64. The molecule has 0 bridgehead atoms. The molecular formula is C17H20ClN3O3S2. The fourth-order valence-corrected chi connectivity index (χ4v) is 5.06. The van der Waals surface area contributed by atoms with Gasteiger partial charge in [0.25, 0.3) is 5.91 Å². The van der Waals surface area contributed by atoms with Crippen LogP contribution in [0.15, 0.2) is 24.3 Å². The zero-order valence-electron chi connectivity index (χ0n) is 14.5. The Bertz CT molecular complexity index is 927. The summed E-state index contributed by atoms with van der Waals surface area (Å²) < 4.78 is 25.5. The molecule has 1 atom stereocenters. The Morgan fingerprint density at radius 2 is 2.19 bits per heavy atom. The predicted molar refractivity (Wildman–Crippen MR) is 104 cm³/mol. The second-order valence-electron chi connectivity index (χ2n) is 6.42. The molecule has 6 nitrogen and oxygen atoms in total. The largest absolute Gasteiger partial charge is 0.336 e. The number of hydrogen-bond donors (Lipinski definition) is 1. The van der Waals surface area contributed by atoms with E-state index >= 15 is 0 Å². The zero-order valence-corrected chi connectivity index (χ0v) is 16.9. The van der Waals surface area contributed by atoms with Gasteiger partial charge >= 0.3 is 0 Å². The molecular weight excluding hydrogens is 394 g/mol. The molecule has 0 aliphatic carbocycles. The van der Waals surface area contributed by atoms with Gasteiger partial charge in [-0.25, -0.2) is 18.1 Å². The summed E-state index contributed by atoms with van der Waals surface area (Å²) in [5, 5.41) is 1.37. The molecule has 1 aliphatic heterocycles. The van der Waals surface area contributed by atoms with Crippen LogP contribution in [-0.4, -0.2) is 49.6 Å². The van der Waals surface area contributed by atoms with E-state index in [1.165, 1.54) is 11.3 Å². The summed E-state index contributed by atoms with van der Waals surface area (Å²) in [5.41, 5.74) is 1.55. The van der Waals surface area contributed by atoms with Crippen LogP contribution in [-0.2, 0) is 10.0 Å². The molecule has 1 unspecified atom stereocenters. The quantitative estimate of drug-likeness (QED) is 0.835. The molecule has 26 heavy (non-hydrogen) atoms. The van der Waals surface area contributed by atoms with Crippen LogP contribution >= 0.6 is 22.9 Å². The van der Waals surface area contributed by atoms with Crippen molar-refractivity contribution in [3.05, 3.63) is 39.9 Å². The smallest absolute Gasteiger partial charge is 0.265 e. The van der Waals surface area contributed by atoms with Gasteiger partial charge in [-0.3, -0.25) is 4.79 Å². The van der Waals surface area contributed by atoms with Crippen molar-refractivity contribution in [3.63, 3.8) is 0 Å². The van der Waals surface area contributed by atoms with Crippen molar-refractivity contribution in [2.24, 2.45) is 0 Å². The van der Waals surface area contributed by atoms with Crippen molar-refractivity contribution < 1.29 is 13.2 Å². The van der Waals surface area contributed by atoms with Gasteiger partial charge in [0, 0.05) is 29.7 Å². The molecule has 1 fully saturated rings. The van der Waals surface area contributed by atoms with E-state index in [4.69, 9.17) is 11.6 Å². The zero-order chi connectivity index (χ0) is 18.9. The molecule has 0 saturated carbocycles. The summed E-state index contributed by atoms with van der Waals surface area (Å²) in [7, 11) is -3.29. The first-order valence-electron chi connectivity index (χ1n) is 8.23. The van der Waals surface area contributed by atoms with Gasteiger partial charge in [0.05, 0.1) is 11.9 Å². The molecule has 2 heterocycles. The Balaban J connectivity index is 1.79. The average molecular weight is 414 g/mol. The van der Waals surface area contributed by atoms with E-state index in [1.807, 2.05) is 25.1 Å². The number of piperidine rings is 1. The standard InChI is InChI=1S/C17H20ClN3O3S2/c1-11-15(25-16(19-11)12-5-3-6-13(18)9-12)17(22)21-8-4-7-14(10-21)20-26(2,23)24/h3,5-6,9,14,20H,4,7-8,10H2,1-2H3. The number of carbonyl (C=O) groups excluding carboxylic acids is 1. The van der Waals surface area contributed by atoms with Crippen LogP contribution < -0.4 is 4.72 Å². The summed E-state index contributed by atoms with van der Waals surface area (Å²) in [6.07, 6.45) is 2.63. The lowest BCUT2D eigenvalue weighted by atomic mass is 10.1. The highest BCUT2D eigenvalue weighted by Crippen LogP contribution is 2.30. The molecule has 3 rings (SSSR count). The van der Waals surface area contributed by atoms with Crippen molar-refractivity contribution in [2.75, 3.05) is 19.3 Å². The molecule has 1 aromatic carbocycles. The maximum atomic E-state index is 12.9. The van der Waals surface area contributed by atoms with Crippen LogP contribution in [0.4, 0.5) is 0 Å². The van der Waals surface area contributed by atoms with Crippen LogP contribution in [0.3, 0.4) is 0 Å². The van der Waals surface area contributed by atoms with Crippen LogP contribution in [0.2, 0.25) is 5.02 Å². The molecule has 1 aliphatic rings. The molecule has 0 spiro atoms. The number of amides is 1. The van der Waals surface area contributed by atoms with E-state index in [0.29, 0.717) is 28.7 Å². The lowest BCUT2D eigenvalue weighted by molar-refractivity contribution is 0.0707. The Morgan fingerprint density at radius 3 is 2.88 bits per heavy atom. The van der Waals surface area contributed by atoms with Gasteiger partial charge in [-0.2, -0.15) is 0 Å². The van der Waals surface area contributed by atoms with Crippen LogP contribution in [0.5, 0.6) is 0 Å². The maximum absolute atomic E-state index is 12.9. The highest BCUT2D eigenvalue weighted by Gasteiger charge is 2.28. The first-order chi connectivity index (χ1) is 12.2. The Labute approximate surface area is 162 Å². The third-order valence-corrected chi connectivity index (χ3v) is 6.34. The maximum Gasteiger partial charge on any atom is 0.265 e. The molecule has 0 radical (unpaired) electrons. The predicted octanol–water partition coefficient (Wildman–Crippen LogP) is 2.93. The molecule has 140 valence electrons. The monoisotopic (exact) mass is 413 g/mol. The Morgan fingerprint density at radius 1 is 1.42 bits per heavy atom. The van der Waals surface area contributed by atoms with Crippen molar-refractivity contribution in [3.8, 4) is 10.6 Å².